The summed E-state index contributed by atoms with van der Waals surface area (Å²) in [4.78, 5) is 31.0. The SMILES string of the molecule is Cc1ccc(N2C(=O)N(CC(=O)N3CCCC[C@@H]3C)[C@@H]3CS(=O)(=O)C[C@H]32)cc1Cl. The van der Waals surface area contributed by atoms with Crippen LogP contribution >= 0.6 is 11.6 Å². The summed E-state index contributed by atoms with van der Waals surface area (Å²) in [6.45, 7) is 4.49. The molecule has 0 aromatic heterocycles. The molecule has 3 atom stereocenters. The summed E-state index contributed by atoms with van der Waals surface area (Å²) in [5, 5.41) is 0.518. The zero-order chi connectivity index (χ0) is 20.9. The molecule has 29 heavy (non-hydrogen) atoms. The second-order valence-electron chi connectivity index (χ2n) is 8.36. The van der Waals surface area contributed by atoms with Crippen LogP contribution in [0.5, 0.6) is 0 Å². The Hall–Kier alpha value is -1.80. The molecule has 4 rings (SSSR count). The third kappa shape index (κ3) is 3.72. The van der Waals surface area contributed by atoms with E-state index in [1.54, 1.807) is 12.1 Å². The van der Waals surface area contributed by atoms with Crippen molar-refractivity contribution in [1.29, 1.82) is 0 Å². The van der Waals surface area contributed by atoms with Crippen molar-refractivity contribution >= 4 is 39.1 Å². The molecular weight excluding hydrogens is 414 g/mol. The van der Waals surface area contributed by atoms with Crippen LogP contribution in [0, 0.1) is 6.92 Å². The van der Waals surface area contributed by atoms with Crippen LogP contribution in [0.15, 0.2) is 18.2 Å². The molecule has 7 nitrogen and oxygen atoms in total. The van der Waals surface area contributed by atoms with Crippen molar-refractivity contribution in [3.8, 4) is 0 Å². The molecule has 0 bridgehead atoms. The van der Waals surface area contributed by atoms with Gasteiger partial charge in [-0.05, 0) is 50.8 Å². The lowest BCUT2D eigenvalue weighted by atomic mass is 10.0. The van der Waals surface area contributed by atoms with Gasteiger partial charge in [-0.25, -0.2) is 13.2 Å². The van der Waals surface area contributed by atoms with Gasteiger partial charge in [-0.1, -0.05) is 17.7 Å². The number of carbonyl (C=O) groups is 2. The molecule has 9 heteroatoms. The van der Waals surface area contributed by atoms with E-state index in [1.807, 2.05) is 24.8 Å². The summed E-state index contributed by atoms with van der Waals surface area (Å²) in [5.41, 5.74) is 1.45. The van der Waals surface area contributed by atoms with Gasteiger partial charge in [-0.2, -0.15) is 0 Å². The molecule has 1 aromatic carbocycles. The highest BCUT2D eigenvalue weighted by molar-refractivity contribution is 7.91. The van der Waals surface area contributed by atoms with E-state index in [0.717, 1.165) is 24.8 Å². The number of amides is 3. The number of nitrogens with zero attached hydrogens (tertiary/aromatic N) is 3. The maximum Gasteiger partial charge on any atom is 0.325 e. The Bertz CT molecular complexity index is 951. The number of carbonyl (C=O) groups excluding carboxylic acids is 2. The summed E-state index contributed by atoms with van der Waals surface area (Å²) in [6, 6.07) is 4.08. The van der Waals surface area contributed by atoms with E-state index in [2.05, 4.69) is 0 Å². The molecule has 3 fully saturated rings. The Kier molecular flexibility index (Phi) is 5.27. The number of likely N-dealkylation sites (tertiary alicyclic amines) is 1. The van der Waals surface area contributed by atoms with Gasteiger partial charge in [0.05, 0.1) is 23.6 Å². The molecule has 3 amide bonds. The van der Waals surface area contributed by atoms with E-state index < -0.39 is 21.9 Å². The van der Waals surface area contributed by atoms with Crippen LogP contribution in [0.4, 0.5) is 10.5 Å². The predicted molar refractivity (Wildman–Crippen MR) is 112 cm³/mol. The topological polar surface area (TPSA) is 78.0 Å². The molecule has 158 valence electrons. The van der Waals surface area contributed by atoms with Crippen molar-refractivity contribution in [2.24, 2.45) is 0 Å². The number of piperidine rings is 1. The number of hydrogen-bond donors (Lipinski definition) is 0. The van der Waals surface area contributed by atoms with E-state index in [1.165, 1.54) is 9.80 Å². The van der Waals surface area contributed by atoms with Crippen LogP contribution in [-0.2, 0) is 14.6 Å². The van der Waals surface area contributed by atoms with Crippen LogP contribution in [-0.4, -0.2) is 72.9 Å². The molecule has 0 aliphatic carbocycles. The lowest BCUT2D eigenvalue weighted by molar-refractivity contribution is -0.135. The number of benzene rings is 1. The number of rotatable bonds is 3. The summed E-state index contributed by atoms with van der Waals surface area (Å²) >= 11 is 6.25. The third-order valence-corrected chi connectivity index (χ3v) is 8.45. The molecule has 3 aliphatic rings. The highest BCUT2D eigenvalue weighted by Crippen LogP contribution is 2.36. The molecule has 0 N–H and O–H groups in total. The van der Waals surface area contributed by atoms with Gasteiger partial charge in [0.25, 0.3) is 0 Å². The Balaban J connectivity index is 1.63. The summed E-state index contributed by atoms with van der Waals surface area (Å²) in [6.07, 6.45) is 3.01. The average Bonchev–Trinajstić information content (AvgIpc) is 3.08. The fourth-order valence-corrected chi connectivity index (χ4v) is 6.83. The second-order valence-corrected chi connectivity index (χ2v) is 10.9. The first-order chi connectivity index (χ1) is 13.7. The quantitative estimate of drug-likeness (QED) is 0.678. The summed E-state index contributed by atoms with van der Waals surface area (Å²) in [7, 11) is -3.29. The minimum atomic E-state index is -3.29. The Morgan fingerprint density at radius 1 is 1.21 bits per heavy atom. The Morgan fingerprint density at radius 3 is 2.62 bits per heavy atom. The smallest absolute Gasteiger partial charge is 0.325 e. The number of sulfone groups is 1. The number of fused-ring (bicyclic) bond motifs is 1. The first-order valence-electron chi connectivity index (χ1n) is 10.0. The van der Waals surface area contributed by atoms with Gasteiger partial charge in [0.2, 0.25) is 5.91 Å². The molecule has 0 unspecified atom stereocenters. The van der Waals surface area contributed by atoms with Gasteiger partial charge in [0.1, 0.15) is 6.54 Å². The minimum Gasteiger partial charge on any atom is -0.338 e. The van der Waals surface area contributed by atoms with E-state index >= 15 is 0 Å². The van der Waals surface area contributed by atoms with Crippen molar-refractivity contribution in [3.05, 3.63) is 28.8 Å². The number of hydrogen-bond acceptors (Lipinski definition) is 4. The van der Waals surface area contributed by atoms with E-state index in [4.69, 9.17) is 11.6 Å². The largest absolute Gasteiger partial charge is 0.338 e. The molecule has 0 saturated carbocycles. The minimum absolute atomic E-state index is 0.0873. The highest BCUT2D eigenvalue weighted by Gasteiger charge is 2.54. The van der Waals surface area contributed by atoms with Crippen molar-refractivity contribution in [2.45, 2.75) is 51.2 Å². The standard InChI is InChI=1S/C20H26ClN3O4S/c1-13-6-7-15(9-16(13)21)24-18-12-29(27,28)11-17(18)23(20(24)26)10-19(25)22-8-4-3-5-14(22)2/h6-7,9,14,17-18H,3-5,8,10-12H2,1-2H3/t14-,17+,18+/m0/s1. The van der Waals surface area contributed by atoms with Gasteiger partial charge in [-0.3, -0.25) is 9.69 Å². The van der Waals surface area contributed by atoms with Crippen molar-refractivity contribution < 1.29 is 18.0 Å². The van der Waals surface area contributed by atoms with Crippen LogP contribution in [0.1, 0.15) is 31.7 Å². The molecule has 0 radical (unpaired) electrons. The molecule has 3 heterocycles. The van der Waals surface area contributed by atoms with E-state index in [9.17, 15) is 18.0 Å². The van der Waals surface area contributed by atoms with E-state index in [-0.39, 0.29) is 36.0 Å². The molecule has 1 aromatic rings. The average molecular weight is 440 g/mol. The van der Waals surface area contributed by atoms with Gasteiger partial charge in [-0.15, -0.1) is 0 Å². The normalized spacial score (nSPS) is 28.7. The maximum absolute atomic E-state index is 13.3. The number of aryl methyl sites for hydroxylation is 1. The number of urea groups is 1. The van der Waals surface area contributed by atoms with Crippen LogP contribution in [0.25, 0.3) is 0 Å². The monoisotopic (exact) mass is 439 g/mol. The zero-order valence-corrected chi connectivity index (χ0v) is 18.2. The van der Waals surface area contributed by atoms with Crippen molar-refractivity contribution in [1.82, 2.24) is 9.80 Å². The third-order valence-electron chi connectivity index (χ3n) is 6.34. The van der Waals surface area contributed by atoms with Gasteiger partial charge >= 0.3 is 6.03 Å². The number of anilines is 1. The van der Waals surface area contributed by atoms with Crippen molar-refractivity contribution in [2.75, 3.05) is 29.5 Å². The highest BCUT2D eigenvalue weighted by atomic mass is 35.5. The fraction of sp³-hybridized carbons (Fsp3) is 0.600. The molecule has 3 aliphatic heterocycles. The van der Waals surface area contributed by atoms with Crippen LogP contribution in [0.2, 0.25) is 5.02 Å². The molecular formula is C20H26ClN3O4S. The van der Waals surface area contributed by atoms with Crippen molar-refractivity contribution in [3.63, 3.8) is 0 Å². The molecule has 0 spiro atoms. The van der Waals surface area contributed by atoms with Gasteiger partial charge in [0, 0.05) is 23.3 Å². The Labute approximate surface area is 176 Å². The lowest BCUT2D eigenvalue weighted by Crippen LogP contribution is -2.49. The fourth-order valence-electron chi connectivity index (χ4n) is 4.70. The predicted octanol–water partition coefficient (Wildman–Crippen LogP) is 2.46. The maximum atomic E-state index is 13.3. The van der Waals surface area contributed by atoms with Gasteiger partial charge < -0.3 is 9.80 Å². The second kappa shape index (κ2) is 7.47. The van der Waals surface area contributed by atoms with Crippen LogP contribution in [0.3, 0.4) is 0 Å². The first kappa shape index (κ1) is 20.5. The Morgan fingerprint density at radius 2 is 1.93 bits per heavy atom. The van der Waals surface area contributed by atoms with Gasteiger partial charge in [0.15, 0.2) is 9.84 Å². The van der Waals surface area contributed by atoms with E-state index in [0.29, 0.717) is 17.3 Å². The summed E-state index contributed by atoms with van der Waals surface area (Å²) < 4.78 is 24.7. The number of halogens is 1. The molecule has 3 saturated heterocycles. The van der Waals surface area contributed by atoms with Crippen LogP contribution < -0.4 is 4.90 Å². The summed E-state index contributed by atoms with van der Waals surface area (Å²) in [5.74, 6) is -0.320. The first-order valence-corrected chi connectivity index (χ1v) is 12.2. The lowest BCUT2D eigenvalue weighted by Gasteiger charge is -2.35. The zero-order valence-electron chi connectivity index (χ0n) is 16.7.